The molecule has 8 heteroatoms. The lowest BCUT2D eigenvalue weighted by atomic mass is 10.2. The summed E-state index contributed by atoms with van der Waals surface area (Å²) in [5.41, 5.74) is -0.776. The van der Waals surface area contributed by atoms with Crippen LogP contribution in [0.1, 0.15) is 0 Å². The molecule has 1 amide bonds. The number of nitro groups is 1. The van der Waals surface area contributed by atoms with Crippen LogP contribution in [0.15, 0.2) is 12.1 Å². The summed E-state index contributed by atoms with van der Waals surface area (Å²) < 4.78 is 13.0. The first-order valence-corrected chi connectivity index (χ1v) is 4.86. The largest absolute Gasteiger partial charge is 0.319 e. The second-order valence-corrected chi connectivity index (χ2v) is 3.40. The average Bonchev–Trinajstić information content (AvgIpc) is 2.22. The van der Waals surface area contributed by atoms with Crippen molar-refractivity contribution in [3.8, 4) is 0 Å². The van der Waals surface area contributed by atoms with Gasteiger partial charge in [0.2, 0.25) is 5.91 Å². The number of rotatable bonds is 3. The van der Waals surface area contributed by atoms with E-state index >= 15 is 0 Å². The van der Waals surface area contributed by atoms with Gasteiger partial charge in [0, 0.05) is 0 Å². The van der Waals surface area contributed by atoms with Gasteiger partial charge in [0.15, 0.2) is 0 Å². The van der Waals surface area contributed by atoms with Crippen LogP contribution < -0.4 is 5.32 Å². The lowest BCUT2D eigenvalue weighted by Gasteiger charge is -2.05. The van der Waals surface area contributed by atoms with E-state index in [1.807, 2.05) is 0 Å². The van der Waals surface area contributed by atoms with Crippen molar-refractivity contribution >= 4 is 40.5 Å². The van der Waals surface area contributed by atoms with E-state index in [1.54, 1.807) is 0 Å². The molecule has 0 aliphatic rings. The Labute approximate surface area is 99.3 Å². The summed E-state index contributed by atoms with van der Waals surface area (Å²) in [4.78, 5) is 20.7. The van der Waals surface area contributed by atoms with Crippen LogP contribution in [0.4, 0.5) is 15.8 Å². The van der Waals surface area contributed by atoms with Gasteiger partial charge in [-0.05, 0) is 6.07 Å². The van der Waals surface area contributed by atoms with Crippen LogP contribution in [0, 0.1) is 15.9 Å². The van der Waals surface area contributed by atoms with Gasteiger partial charge in [-0.2, -0.15) is 0 Å². The van der Waals surface area contributed by atoms with Crippen LogP contribution in [0.3, 0.4) is 0 Å². The molecule has 0 spiro atoms. The minimum absolute atomic E-state index is 0.193. The van der Waals surface area contributed by atoms with Gasteiger partial charge in [0.1, 0.15) is 17.4 Å². The fourth-order valence-electron chi connectivity index (χ4n) is 0.971. The van der Waals surface area contributed by atoms with E-state index in [-0.39, 0.29) is 16.6 Å². The summed E-state index contributed by atoms with van der Waals surface area (Å²) in [6, 6.07) is 1.59. The highest BCUT2D eigenvalue weighted by Crippen LogP contribution is 2.30. The Kier molecular flexibility index (Phi) is 4.03. The van der Waals surface area contributed by atoms with Gasteiger partial charge >= 0.3 is 0 Å². The van der Waals surface area contributed by atoms with Crippen LogP contribution in [-0.4, -0.2) is 16.7 Å². The molecule has 0 fully saturated rings. The molecular weight excluding hydrogens is 262 g/mol. The minimum atomic E-state index is -0.933. The zero-order chi connectivity index (χ0) is 12.3. The summed E-state index contributed by atoms with van der Waals surface area (Å²) in [7, 11) is 0. The Morgan fingerprint density at radius 3 is 2.69 bits per heavy atom. The summed E-state index contributed by atoms with van der Waals surface area (Å²) in [6.07, 6.45) is 0. The van der Waals surface area contributed by atoms with Crippen molar-refractivity contribution in [2.24, 2.45) is 0 Å². The molecule has 0 bridgehead atoms. The van der Waals surface area contributed by atoms with Gasteiger partial charge < -0.3 is 5.32 Å². The number of nitrogens with zero attached hydrogens (tertiary/aromatic N) is 1. The summed E-state index contributed by atoms with van der Waals surface area (Å²) in [6.45, 7) is 0. The number of nitrogens with one attached hydrogen (secondary N) is 1. The van der Waals surface area contributed by atoms with Gasteiger partial charge in [-0.25, -0.2) is 4.39 Å². The Morgan fingerprint density at radius 2 is 2.19 bits per heavy atom. The van der Waals surface area contributed by atoms with E-state index < -0.39 is 22.3 Å². The average molecular weight is 267 g/mol. The van der Waals surface area contributed by atoms with Gasteiger partial charge in [-0.1, -0.05) is 11.6 Å². The number of alkyl halides is 1. The van der Waals surface area contributed by atoms with E-state index in [0.29, 0.717) is 6.07 Å². The number of hydrogen-bond acceptors (Lipinski definition) is 3. The Morgan fingerprint density at radius 1 is 1.56 bits per heavy atom. The van der Waals surface area contributed by atoms with Gasteiger partial charge in [0.25, 0.3) is 5.69 Å². The summed E-state index contributed by atoms with van der Waals surface area (Å²) in [5, 5.41) is 12.4. The number of hydrogen-bond donors (Lipinski definition) is 1. The molecule has 0 saturated carbocycles. The molecule has 0 aliphatic carbocycles. The predicted octanol–water partition coefficient (Wildman–Crippen LogP) is 2.56. The fourth-order valence-corrected chi connectivity index (χ4v) is 1.20. The van der Waals surface area contributed by atoms with Crippen LogP contribution in [-0.2, 0) is 4.79 Å². The summed E-state index contributed by atoms with van der Waals surface area (Å²) in [5.74, 6) is -1.95. The monoisotopic (exact) mass is 266 g/mol. The lowest BCUT2D eigenvalue weighted by Crippen LogP contribution is -2.14. The molecule has 1 N–H and O–H groups in total. The van der Waals surface area contributed by atoms with E-state index in [2.05, 4.69) is 5.32 Å². The maximum Gasteiger partial charge on any atom is 0.295 e. The molecule has 0 heterocycles. The van der Waals surface area contributed by atoms with Crippen molar-refractivity contribution in [1.82, 2.24) is 0 Å². The molecule has 1 aromatic rings. The minimum Gasteiger partial charge on any atom is -0.319 e. The molecule has 0 unspecified atom stereocenters. The maximum absolute atomic E-state index is 13.0. The second-order valence-electron chi connectivity index (χ2n) is 2.72. The Balaban J connectivity index is 3.19. The number of benzene rings is 1. The molecule has 5 nitrogen and oxygen atoms in total. The molecule has 1 aromatic carbocycles. The van der Waals surface area contributed by atoms with Crippen molar-refractivity contribution < 1.29 is 14.1 Å². The topological polar surface area (TPSA) is 72.2 Å². The quantitative estimate of drug-likeness (QED) is 0.519. The third kappa shape index (κ3) is 2.80. The van der Waals surface area contributed by atoms with Crippen molar-refractivity contribution in [2.45, 2.75) is 0 Å². The zero-order valence-corrected chi connectivity index (χ0v) is 9.18. The highest BCUT2D eigenvalue weighted by atomic mass is 35.5. The first-order chi connectivity index (χ1) is 7.45. The number of halogens is 3. The number of anilines is 1. The maximum atomic E-state index is 13.0. The van der Waals surface area contributed by atoms with Crippen molar-refractivity contribution in [2.75, 3.05) is 11.2 Å². The normalized spacial score (nSPS) is 9.94. The molecule has 0 radical (unpaired) electrons. The number of carbonyl (C=O) groups is 1. The smallest absolute Gasteiger partial charge is 0.295 e. The zero-order valence-electron chi connectivity index (χ0n) is 7.67. The Bertz CT molecular complexity index is 453. The standard InChI is InChI=1S/C8H5Cl2FN2O3/c9-3-8(14)12-6-1-4(10)5(11)2-7(6)13(15)16/h1-2H,3H2,(H,12,14). The van der Waals surface area contributed by atoms with Crippen molar-refractivity contribution in [3.63, 3.8) is 0 Å². The number of nitro benzene ring substituents is 1. The molecular formula is C8H5Cl2FN2O3. The molecule has 1 rings (SSSR count). The Hall–Kier alpha value is -1.40. The molecule has 0 atom stereocenters. The lowest BCUT2D eigenvalue weighted by molar-refractivity contribution is -0.384. The van der Waals surface area contributed by atoms with Crippen molar-refractivity contribution in [3.05, 3.63) is 33.1 Å². The van der Waals surface area contributed by atoms with Gasteiger partial charge in [-0.15, -0.1) is 11.6 Å². The van der Waals surface area contributed by atoms with Crippen LogP contribution in [0.2, 0.25) is 5.02 Å². The van der Waals surface area contributed by atoms with Gasteiger partial charge in [0.05, 0.1) is 16.0 Å². The first kappa shape index (κ1) is 12.7. The molecule has 0 aromatic heterocycles. The summed E-state index contributed by atoms with van der Waals surface area (Å²) >= 11 is 10.7. The number of carbonyl (C=O) groups excluding carboxylic acids is 1. The van der Waals surface area contributed by atoms with E-state index in [4.69, 9.17) is 23.2 Å². The fraction of sp³-hybridized carbons (Fsp3) is 0.125. The van der Waals surface area contributed by atoms with Gasteiger partial charge in [-0.3, -0.25) is 14.9 Å². The highest BCUT2D eigenvalue weighted by Gasteiger charge is 2.19. The second kappa shape index (κ2) is 5.09. The molecule has 0 saturated heterocycles. The van der Waals surface area contributed by atoms with E-state index in [1.165, 1.54) is 0 Å². The van der Waals surface area contributed by atoms with Crippen LogP contribution in [0.25, 0.3) is 0 Å². The van der Waals surface area contributed by atoms with E-state index in [9.17, 15) is 19.3 Å². The van der Waals surface area contributed by atoms with Crippen LogP contribution in [0.5, 0.6) is 0 Å². The SMILES string of the molecule is O=C(CCl)Nc1cc(Cl)c(F)cc1[N+](=O)[O-]. The highest BCUT2D eigenvalue weighted by molar-refractivity contribution is 6.31. The van der Waals surface area contributed by atoms with Crippen LogP contribution >= 0.6 is 23.2 Å². The number of amides is 1. The predicted molar refractivity (Wildman–Crippen MR) is 57.4 cm³/mol. The third-order valence-electron chi connectivity index (χ3n) is 1.63. The molecule has 86 valence electrons. The molecule has 16 heavy (non-hydrogen) atoms. The third-order valence-corrected chi connectivity index (χ3v) is 2.16. The van der Waals surface area contributed by atoms with Crippen molar-refractivity contribution in [1.29, 1.82) is 0 Å². The molecule has 0 aliphatic heterocycles. The first-order valence-electron chi connectivity index (χ1n) is 3.95. The van der Waals surface area contributed by atoms with E-state index in [0.717, 1.165) is 6.07 Å².